The van der Waals surface area contributed by atoms with Gasteiger partial charge in [-0.1, -0.05) is 11.8 Å². The van der Waals surface area contributed by atoms with Gasteiger partial charge in [0.2, 0.25) is 0 Å². The number of aliphatic hydroxyl groups excluding tert-OH is 4. The average Bonchev–Trinajstić information content (AvgIpc) is 2.66. The molecule has 0 amide bonds. The van der Waals surface area contributed by atoms with Crippen LogP contribution in [0, 0.1) is 0 Å². The molecule has 0 saturated carbocycles. The summed E-state index contributed by atoms with van der Waals surface area (Å²) in [5, 5.41) is 36.4. The zero-order chi connectivity index (χ0) is 18.1. The first-order valence-corrected chi connectivity index (χ1v) is 10.6. The van der Waals surface area contributed by atoms with Gasteiger partial charge in [-0.25, -0.2) is 0 Å². The van der Waals surface area contributed by atoms with E-state index in [0.717, 1.165) is 19.6 Å². The van der Waals surface area contributed by atoms with Crippen LogP contribution in [-0.4, -0.2) is 57.4 Å². The van der Waals surface area contributed by atoms with Crippen molar-refractivity contribution in [3.8, 4) is 0 Å². The van der Waals surface area contributed by atoms with Crippen LogP contribution in [-0.2, 0) is 0 Å². The summed E-state index contributed by atoms with van der Waals surface area (Å²) in [5.74, 6) is 0.959. The van der Waals surface area contributed by atoms with Gasteiger partial charge in [0.1, 0.15) is 0 Å². The zero-order valence-corrected chi connectivity index (χ0v) is 16.1. The minimum Gasteiger partial charge on any atom is -0.394 e. The van der Waals surface area contributed by atoms with Crippen LogP contribution in [0.1, 0.15) is 0 Å². The summed E-state index contributed by atoms with van der Waals surface area (Å²) in [4.78, 5) is 4.38. The summed E-state index contributed by atoms with van der Waals surface area (Å²) in [6.45, 7) is -0.428. The molecular weight excluding hydrogens is 376 g/mol. The highest BCUT2D eigenvalue weighted by atomic mass is 32.2. The molecule has 25 heavy (non-hydrogen) atoms. The van der Waals surface area contributed by atoms with Gasteiger partial charge in [-0.15, -0.1) is 23.5 Å². The molecule has 7 heteroatoms. The Morgan fingerprint density at radius 2 is 0.920 bits per heavy atom. The second-order valence-corrected chi connectivity index (χ2v) is 8.67. The molecule has 136 valence electrons. The monoisotopic (exact) mass is 398 g/mol. The van der Waals surface area contributed by atoms with Crippen molar-refractivity contribution < 1.29 is 20.4 Å². The van der Waals surface area contributed by atoms with Crippen molar-refractivity contribution in [2.45, 2.75) is 31.8 Å². The predicted octanol–water partition coefficient (Wildman–Crippen LogP) is 2.73. The van der Waals surface area contributed by atoms with Gasteiger partial charge in [0, 0.05) is 31.1 Å². The molecule has 2 atom stereocenters. The Labute approximate surface area is 160 Å². The minimum absolute atomic E-state index is 0.214. The Morgan fingerprint density at radius 3 is 1.24 bits per heavy atom. The molecule has 2 aromatic carbocycles. The molecule has 2 unspecified atom stereocenters. The van der Waals surface area contributed by atoms with E-state index < -0.39 is 12.2 Å². The van der Waals surface area contributed by atoms with Crippen molar-refractivity contribution in [1.82, 2.24) is 0 Å². The number of thioether (sulfide) groups is 2. The molecule has 0 radical (unpaired) electrons. The lowest BCUT2D eigenvalue weighted by atomic mass is 10.4. The van der Waals surface area contributed by atoms with E-state index in [1.807, 2.05) is 48.5 Å². The maximum absolute atomic E-state index is 9.37. The van der Waals surface area contributed by atoms with E-state index in [1.165, 1.54) is 23.5 Å². The van der Waals surface area contributed by atoms with E-state index in [-0.39, 0.29) is 13.2 Å². The van der Waals surface area contributed by atoms with E-state index in [9.17, 15) is 10.2 Å². The predicted molar refractivity (Wildman–Crippen MR) is 105 cm³/mol. The molecule has 0 aliphatic carbocycles. The summed E-state index contributed by atoms with van der Waals surface area (Å²) < 4.78 is 0. The number of hydrogen-bond donors (Lipinski definition) is 4. The van der Waals surface area contributed by atoms with Gasteiger partial charge in [0.15, 0.2) is 0 Å². The van der Waals surface area contributed by atoms with Crippen molar-refractivity contribution in [2.24, 2.45) is 0 Å². The second-order valence-electron chi connectivity index (χ2n) is 5.34. The molecule has 0 saturated heterocycles. The molecule has 2 aromatic rings. The summed E-state index contributed by atoms with van der Waals surface area (Å²) in [7, 11) is 0. The van der Waals surface area contributed by atoms with Crippen LogP contribution < -0.4 is 0 Å². The molecule has 0 aliphatic heterocycles. The van der Waals surface area contributed by atoms with Crippen molar-refractivity contribution in [1.29, 1.82) is 0 Å². The van der Waals surface area contributed by atoms with Gasteiger partial charge in [-0.3, -0.25) is 0 Å². The highest BCUT2D eigenvalue weighted by Gasteiger charge is 2.05. The van der Waals surface area contributed by atoms with E-state index in [4.69, 9.17) is 10.2 Å². The Balaban J connectivity index is 1.85. The molecule has 4 nitrogen and oxygen atoms in total. The van der Waals surface area contributed by atoms with E-state index in [0.29, 0.717) is 11.5 Å². The molecule has 0 spiro atoms. The third-order valence-electron chi connectivity index (χ3n) is 3.19. The molecule has 4 N–H and O–H groups in total. The van der Waals surface area contributed by atoms with E-state index >= 15 is 0 Å². The van der Waals surface area contributed by atoms with Crippen molar-refractivity contribution in [3.63, 3.8) is 0 Å². The summed E-state index contributed by atoms with van der Waals surface area (Å²) in [5.41, 5.74) is 0. The van der Waals surface area contributed by atoms with Gasteiger partial charge >= 0.3 is 0 Å². The molecule has 2 rings (SSSR count). The first kappa shape index (κ1) is 20.6. The Morgan fingerprint density at radius 1 is 0.600 bits per heavy atom. The van der Waals surface area contributed by atoms with Gasteiger partial charge in [0.25, 0.3) is 0 Å². The van der Waals surface area contributed by atoms with Gasteiger partial charge in [-0.05, 0) is 48.5 Å². The average molecular weight is 399 g/mol. The van der Waals surface area contributed by atoms with Gasteiger partial charge in [-0.2, -0.15) is 0 Å². The van der Waals surface area contributed by atoms with Crippen LogP contribution in [0.3, 0.4) is 0 Å². The maximum Gasteiger partial charge on any atom is 0.0864 e. The quantitative estimate of drug-likeness (QED) is 0.458. The SMILES string of the molecule is OCC(O)CSc1ccc(Sc2ccc(SCC(O)CO)cc2)cc1. The van der Waals surface area contributed by atoms with Crippen LogP contribution >= 0.6 is 35.3 Å². The summed E-state index contributed by atoms with van der Waals surface area (Å²) in [6.07, 6.45) is -1.37. The number of benzene rings is 2. The molecule has 0 aromatic heterocycles. The van der Waals surface area contributed by atoms with Crippen LogP contribution in [0.25, 0.3) is 0 Å². The highest BCUT2D eigenvalue weighted by Crippen LogP contribution is 2.31. The summed E-state index contributed by atoms with van der Waals surface area (Å²) >= 11 is 4.70. The standard InChI is InChI=1S/C18H22O4S3/c19-9-13(21)11-23-15-1-5-17(6-2-15)25-18-7-3-16(4-8-18)24-12-14(22)10-20/h1-8,13-14,19-22H,9-12H2. The number of hydrogen-bond acceptors (Lipinski definition) is 7. The van der Waals surface area contributed by atoms with Crippen LogP contribution in [0.15, 0.2) is 68.1 Å². The molecular formula is C18H22O4S3. The fraction of sp³-hybridized carbons (Fsp3) is 0.333. The third kappa shape index (κ3) is 7.62. The van der Waals surface area contributed by atoms with Crippen LogP contribution in [0.4, 0.5) is 0 Å². The maximum atomic E-state index is 9.37. The highest BCUT2D eigenvalue weighted by molar-refractivity contribution is 8.00. The van der Waals surface area contributed by atoms with Gasteiger partial charge < -0.3 is 20.4 Å². The Bertz CT molecular complexity index is 564. The number of rotatable bonds is 10. The second kappa shape index (κ2) is 11.1. The Hall–Kier alpha value is -0.670. The Kier molecular flexibility index (Phi) is 9.19. The van der Waals surface area contributed by atoms with Crippen LogP contribution in [0.5, 0.6) is 0 Å². The normalized spacial score (nSPS) is 13.6. The van der Waals surface area contributed by atoms with E-state index in [2.05, 4.69) is 0 Å². The third-order valence-corrected chi connectivity index (χ3v) is 6.52. The lowest BCUT2D eigenvalue weighted by molar-refractivity contribution is 0.113. The van der Waals surface area contributed by atoms with Crippen molar-refractivity contribution in [2.75, 3.05) is 24.7 Å². The smallest absolute Gasteiger partial charge is 0.0864 e. The first-order chi connectivity index (χ1) is 12.1. The zero-order valence-electron chi connectivity index (χ0n) is 13.6. The molecule has 0 fully saturated rings. The lowest BCUT2D eigenvalue weighted by Crippen LogP contribution is -2.14. The first-order valence-electron chi connectivity index (χ1n) is 7.82. The van der Waals surface area contributed by atoms with Crippen molar-refractivity contribution in [3.05, 3.63) is 48.5 Å². The molecule has 0 aliphatic rings. The minimum atomic E-state index is -0.686. The molecule has 0 bridgehead atoms. The van der Waals surface area contributed by atoms with E-state index in [1.54, 1.807) is 11.8 Å². The number of aliphatic hydroxyl groups is 4. The van der Waals surface area contributed by atoms with Crippen molar-refractivity contribution >= 4 is 35.3 Å². The fourth-order valence-electron chi connectivity index (χ4n) is 1.83. The summed E-state index contributed by atoms with van der Waals surface area (Å²) in [6, 6.07) is 16.2. The topological polar surface area (TPSA) is 80.9 Å². The largest absolute Gasteiger partial charge is 0.394 e. The lowest BCUT2D eigenvalue weighted by Gasteiger charge is -2.08. The molecule has 0 heterocycles. The van der Waals surface area contributed by atoms with Gasteiger partial charge in [0.05, 0.1) is 25.4 Å². The fourth-order valence-corrected chi connectivity index (χ4v) is 4.29. The van der Waals surface area contributed by atoms with Crippen LogP contribution in [0.2, 0.25) is 0 Å².